The van der Waals surface area contributed by atoms with E-state index in [0.717, 1.165) is 17.7 Å². The summed E-state index contributed by atoms with van der Waals surface area (Å²) in [7, 11) is 0. The molecule has 1 aliphatic rings. The SMILES string of the molecule is CC(=O)C1CCOc2ccc(C(C)C)cc21. The fourth-order valence-electron chi connectivity index (χ4n) is 2.19. The second-order valence-electron chi connectivity index (χ2n) is 4.75. The van der Waals surface area contributed by atoms with Crippen LogP contribution >= 0.6 is 0 Å². The zero-order valence-corrected chi connectivity index (χ0v) is 10.1. The quantitative estimate of drug-likeness (QED) is 0.761. The number of carbonyl (C=O) groups excluding carboxylic acids is 1. The summed E-state index contributed by atoms with van der Waals surface area (Å²) in [5, 5.41) is 0. The van der Waals surface area contributed by atoms with Crippen LogP contribution in [0.3, 0.4) is 0 Å². The third-order valence-corrected chi connectivity index (χ3v) is 3.23. The van der Waals surface area contributed by atoms with Crippen LogP contribution in [0.4, 0.5) is 0 Å². The van der Waals surface area contributed by atoms with Crippen molar-refractivity contribution in [2.75, 3.05) is 6.61 Å². The van der Waals surface area contributed by atoms with Crippen LogP contribution in [0.15, 0.2) is 18.2 Å². The van der Waals surface area contributed by atoms with Crippen molar-refractivity contribution >= 4 is 5.78 Å². The van der Waals surface area contributed by atoms with Gasteiger partial charge in [0.05, 0.1) is 6.61 Å². The number of fused-ring (bicyclic) bond motifs is 1. The average molecular weight is 218 g/mol. The van der Waals surface area contributed by atoms with Crippen molar-refractivity contribution in [3.05, 3.63) is 29.3 Å². The zero-order chi connectivity index (χ0) is 11.7. The summed E-state index contributed by atoms with van der Waals surface area (Å²) in [4.78, 5) is 11.6. The average Bonchev–Trinajstić information content (AvgIpc) is 2.27. The predicted octanol–water partition coefficient (Wildman–Crippen LogP) is 3.27. The summed E-state index contributed by atoms with van der Waals surface area (Å²) in [6, 6.07) is 6.22. The Morgan fingerprint density at radius 2 is 2.19 bits per heavy atom. The Bertz CT molecular complexity index is 407. The van der Waals surface area contributed by atoms with Gasteiger partial charge >= 0.3 is 0 Å². The summed E-state index contributed by atoms with van der Waals surface area (Å²) < 4.78 is 5.59. The Kier molecular flexibility index (Phi) is 2.99. The molecule has 0 saturated heterocycles. The van der Waals surface area contributed by atoms with E-state index in [9.17, 15) is 4.79 Å². The molecule has 2 nitrogen and oxygen atoms in total. The molecule has 0 fully saturated rings. The molecule has 0 radical (unpaired) electrons. The van der Waals surface area contributed by atoms with Gasteiger partial charge in [0.1, 0.15) is 11.5 Å². The minimum absolute atomic E-state index is 0.0300. The highest BCUT2D eigenvalue weighted by Gasteiger charge is 2.25. The van der Waals surface area contributed by atoms with Crippen molar-refractivity contribution in [3.63, 3.8) is 0 Å². The van der Waals surface area contributed by atoms with Crippen LogP contribution in [-0.4, -0.2) is 12.4 Å². The fraction of sp³-hybridized carbons (Fsp3) is 0.500. The maximum atomic E-state index is 11.6. The smallest absolute Gasteiger partial charge is 0.137 e. The number of carbonyl (C=O) groups is 1. The molecule has 0 aliphatic carbocycles. The molecule has 0 saturated carbocycles. The fourth-order valence-corrected chi connectivity index (χ4v) is 2.19. The van der Waals surface area contributed by atoms with Gasteiger partial charge in [-0.1, -0.05) is 26.0 Å². The van der Waals surface area contributed by atoms with Gasteiger partial charge in [0, 0.05) is 11.5 Å². The standard InChI is InChI=1S/C14H18O2/c1-9(2)11-4-5-14-13(8-11)12(10(3)15)6-7-16-14/h4-5,8-9,12H,6-7H2,1-3H3. The number of Topliss-reactive ketones (excluding diaryl/α,β-unsaturated/α-hetero) is 1. The van der Waals surface area contributed by atoms with Crippen LogP contribution in [0.2, 0.25) is 0 Å². The van der Waals surface area contributed by atoms with E-state index in [2.05, 4.69) is 26.0 Å². The maximum absolute atomic E-state index is 11.6. The molecule has 2 rings (SSSR count). The zero-order valence-electron chi connectivity index (χ0n) is 10.1. The highest BCUT2D eigenvalue weighted by atomic mass is 16.5. The molecule has 0 amide bonds. The molecular formula is C14H18O2. The van der Waals surface area contributed by atoms with E-state index in [1.165, 1.54) is 5.56 Å². The molecule has 2 heteroatoms. The molecule has 86 valence electrons. The van der Waals surface area contributed by atoms with Crippen LogP contribution in [-0.2, 0) is 4.79 Å². The first-order chi connectivity index (χ1) is 7.59. The summed E-state index contributed by atoms with van der Waals surface area (Å²) in [6.07, 6.45) is 0.809. The molecule has 1 aliphatic heterocycles. The second-order valence-corrected chi connectivity index (χ2v) is 4.75. The molecular weight excluding hydrogens is 200 g/mol. The molecule has 0 spiro atoms. The minimum atomic E-state index is 0.0300. The van der Waals surface area contributed by atoms with Crippen LogP contribution in [0.25, 0.3) is 0 Å². The lowest BCUT2D eigenvalue weighted by Gasteiger charge is -2.25. The number of ether oxygens (including phenoxy) is 1. The molecule has 1 aromatic carbocycles. The molecule has 1 unspecified atom stereocenters. The van der Waals surface area contributed by atoms with Crippen molar-refractivity contribution in [3.8, 4) is 5.75 Å². The van der Waals surface area contributed by atoms with Crippen LogP contribution in [0.5, 0.6) is 5.75 Å². The lowest BCUT2D eigenvalue weighted by molar-refractivity contribution is -0.119. The number of rotatable bonds is 2. The van der Waals surface area contributed by atoms with E-state index in [0.29, 0.717) is 12.5 Å². The third-order valence-electron chi connectivity index (χ3n) is 3.23. The summed E-state index contributed by atoms with van der Waals surface area (Å²) in [5.74, 6) is 1.64. The van der Waals surface area contributed by atoms with E-state index in [-0.39, 0.29) is 11.7 Å². The van der Waals surface area contributed by atoms with Gasteiger partial charge in [-0.15, -0.1) is 0 Å². The Labute approximate surface area is 96.6 Å². The van der Waals surface area contributed by atoms with Gasteiger partial charge < -0.3 is 4.74 Å². The molecule has 0 bridgehead atoms. The number of hydrogen-bond donors (Lipinski definition) is 0. The van der Waals surface area contributed by atoms with E-state index in [4.69, 9.17) is 4.74 Å². The van der Waals surface area contributed by atoms with E-state index >= 15 is 0 Å². The van der Waals surface area contributed by atoms with Crippen LogP contribution in [0, 0.1) is 0 Å². The van der Waals surface area contributed by atoms with Gasteiger partial charge in [0.2, 0.25) is 0 Å². The molecule has 0 N–H and O–H groups in total. The van der Waals surface area contributed by atoms with Crippen molar-refractivity contribution < 1.29 is 9.53 Å². The number of ketones is 1. The maximum Gasteiger partial charge on any atom is 0.137 e. The Morgan fingerprint density at radius 1 is 1.44 bits per heavy atom. The summed E-state index contributed by atoms with van der Waals surface area (Å²) in [6.45, 7) is 6.64. The Balaban J connectivity index is 2.44. The molecule has 16 heavy (non-hydrogen) atoms. The molecule has 1 heterocycles. The number of benzene rings is 1. The third kappa shape index (κ3) is 1.97. The highest BCUT2D eigenvalue weighted by Crippen LogP contribution is 2.36. The van der Waals surface area contributed by atoms with E-state index in [1.54, 1.807) is 6.92 Å². The summed E-state index contributed by atoms with van der Waals surface area (Å²) in [5.41, 5.74) is 2.35. The van der Waals surface area contributed by atoms with E-state index in [1.807, 2.05) is 6.07 Å². The van der Waals surface area contributed by atoms with Gasteiger partial charge in [-0.05, 0) is 30.9 Å². The van der Waals surface area contributed by atoms with E-state index < -0.39 is 0 Å². The van der Waals surface area contributed by atoms with Crippen molar-refractivity contribution in [1.82, 2.24) is 0 Å². The lowest BCUT2D eigenvalue weighted by atomic mass is 9.87. The number of hydrogen-bond acceptors (Lipinski definition) is 2. The topological polar surface area (TPSA) is 26.3 Å². The van der Waals surface area contributed by atoms with Crippen molar-refractivity contribution in [2.45, 2.75) is 39.0 Å². The molecule has 1 atom stereocenters. The first-order valence-corrected chi connectivity index (χ1v) is 5.86. The second kappa shape index (κ2) is 4.28. The Morgan fingerprint density at radius 3 is 2.81 bits per heavy atom. The highest BCUT2D eigenvalue weighted by molar-refractivity contribution is 5.84. The monoisotopic (exact) mass is 218 g/mol. The van der Waals surface area contributed by atoms with Crippen molar-refractivity contribution in [1.29, 1.82) is 0 Å². The normalized spacial score (nSPS) is 19.1. The Hall–Kier alpha value is -1.31. The lowest BCUT2D eigenvalue weighted by Crippen LogP contribution is -2.19. The van der Waals surface area contributed by atoms with Gasteiger partial charge in [-0.2, -0.15) is 0 Å². The first kappa shape index (κ1) is 11.2. The van der Waals surface area contributed by atoms with Gasteiger partial charge in [0.25, 0.3) is 0 Å². The first-order valence-electron chi connectivity index (χ1n) is 5.86. The van der Waals surface area contributed by atoms with Gasteiger partial charge in [-0.25, -0.2) is 0 Å². The minimum Gasteiger partial charge on any atom is -0.493 e. The summed E-state index contributed by atoms with van der Waals surface area (Å²) >= 11 is 0. The predicted molar refractivity (Wildman–Crippen MR) is 64.1 cm³/mol. The van der Waals surface area contributed by atoms with Gasteiger partial charge in [-0.3, -0.25) is 4.79 Å². The van der Waals surface area contributed by atoms with Crippen LogP contribution in [0.1, 0.15) is 50.2 Å². The van der Waals surface area contributed by atoms with Gasteiger partial charge in [0.15, 0.2) is 0 Å². The molecule has 0 aromatic heterocycles. The molecule has 1 aromatic rings. The van der Waals surface area contributed by atoms with Crippen LogP contribution < -0.4 is 4.74 Å². The van der Waals surface area contributed by atoms with Crippen molar-refractivity contribution in [2.24, 2.45) is 0 Å². The largest absolute Gasteiger partial charge is 0.493 e.